The van der Waals surface area contributed by atoms with E-state index in [1.807, 2.05) is 0 Å². The lowest BCUT2D eigenvalue weighted by molar-refractivity contribution is -0.161. The smallest absolute Gasteiger partial charge is 0.462 e. The maximum atomic E-state index is 13.2. The lowest BCUT2D eigenvalue weighted by Gasteiger charge is -2.21. The van der Waals surface area contributed by atoms with Crippen LogP contribution in [0.25, 0.3) is 0 Å². The first-order valence-corrected chi connectivity index (χ1v) is 50.0. The van der Waals surface area contributed by atoms with E-state index < -0.39 is 97.5 Å². The van der Waals surface area contributed by atoms with Gasteiger partial charge in [0.1, 0.15) is 19.3 Å². The minimum absolute atomic E-state index is 0.108. The molecule has 0 saturated heterocycles. The molecular formula is C91H178O17P2. The van der Waals surface area contributed by atoms with Gasteiger partial charge in [-0.3, -0.25) is 37.3 Å². The Kier molecular flexibility index (Phi) is 80.7. The Morgan fingerprint density at radius 1 is 0.245 bits per heavy atom. The number of aliphatic hydroxyl groups excluding tert-OH is 1. The fraction of sp³-hybridized carbons (Fsp3) is 0.956. The van der Waals surface area contributed by atoms with Crippen molar-refractivity contribution in [2.24, 2.45) is 11.8 Å². The van der Waals surface area contributed by atoms with E-state index in [4.69, 9.17) is 37.0 Å². The summed E-state index contributed by atoms with van der Waals surface area (Å²) in [6.45, 7) is 9.67. The van der Waals surface area contributed by atoms with Crippen LogP contribution in [0.2, 0.25) is 0 Å². The van der Waals surface area contributed by atoms with E-state index in [2.05, 4.69) is 41.5 Å². The number of phosphoric acid groups is 2. The molecular weight excluding hydrogens is 1430 g/mol. The van der Waals surface area contributed by atoms with Gasteiger partial charge in [0.2, 0.25) is 0 Å². The van der Waals surface area contributed by atoms with Gasteiger partial charge in [-0.05, 0) is 37.5 Å². The molecule has 5 atom stereocenters. The molecule has 110 heavy (non-hydrogen) atoms. The Morgan fingerprint density at radius 2 is 0.418 bits per heavy atom. The molecule has 0 bridgehead atoms. The molecule has 17 nitrogen and oxygen atoms in total. The quantitative estimate of drug-likeness (QED) is 0.0222. The monoisotopic (exact) mass is 1610 g/mol. The molecule has 0 rings (SSSR count). The van der Waals surface area contributed by atoms with Crippen LogP contribution >= 0.6 is 15.6 Å². The highest BCUT2D eigenvalue weighted by molar-refractivity contribution is 7.47. The van der Waals surface area contributed by atoms with Crippen LogP contribution in [0.3, 0.4) is 0 Å². The number of hydrogen-bond acceptors (Lipinski definition) is 15. The first kappa shape index (κ1) is 108. The fourth-order valence-electron chi connectivity index (χ4n) is 14.3. The summed E-state index contributed by atoms with van der Waals surface area (Å²) in [6.07, 6.45) is 76.7. The number of unbranched alkanes of at least 4 members (excludes halogenated alkanes) is 60. The van der Waals surface area contributed by atoms with Crippen molar-refractivity contribution in [3.63, 3.8) is 0 Å². The maximum Gasteiger partial charge on any atom is 0.472 e. The standard InChI is InChI=1S/C91H178O17P2/c1-7-9-11-13-15-17-19-21-23-25-27-29-31-33-38-42-46-50-56-63-69-75-90(95)107-86(79-101-88(93)73-67-61-55-49-45-41-37-32-30-28-26-24-22-20-18-16-14-12-10-8-2)81-105-109(97,98)103-77-85(92)78-104-110(99,100)106-82-87(80-102-89(94)74-68-62-58-52-54-60-66-72-84(5)6)108-91(96)76-70-64-57-51-47-43-39-35-34-36-40-44-48-53-59-65-71-83(3)4/h83-87,92H,7-82H2,1-6H3,(H,97,98)(H,99,100)/t85-,86-,87-/m1/s1. The van der Waals surface area contributed by atoms with Crippen molar-refractivity contribution < 1.29 is 80.2 Å². The lowest BCUT2D eigenvalue weighted by atomic mass is 10.0. The Hall–Kier alpha value is -1.94. The zero-order chi connectivity index (χ0) is 80.6. The molecule has 0 aliphatic heterocycles. The van der Waals surface area contributed by atoms with Gasteiger partial charge in [0.25, 0.3) is 0 Å². The van der Waals surface area contributed by atoms with Crippen LogP contribution in [0.15, 0.2) is 0 Å². The second-order valence-electron chi connectivity index (χ2n) is 33.6. The summed E-state index contributed by atoms with van der Waals surface area (Å²) in [4.78, 5) is 73.4. The molecule has 0 fully saturated rings. The Labute approximate surface area is 677 Å². The molecule has 19 heteroatoms. The second-order valence-corrected chi connectivity index (χ2v) is 36.6. The van der Waals surface area contributed by atoms with Crippen LogP contribution in [0, 0.1) is 11.8 Å². The van der Waals surface area contributed by atoms with Gasteiger partial charge >= 0.3 is 39.5 Å². The third-order valence-corrected chi connectivity index (χ3v) is 23.4. The maximum absolute atomic E-state index is 13.2. The number of rotatable bonds is 90. The van der Waals surface area contributed by atoms with Crippen molar-refractivity contribution in [1.29, 1.82) is 0 Å². The third-order valence-electron chi connectivity index (χ3n) is 21.5. The molecule has 0 aliphatic carbocycles. The summed E-state index contributed by atoms with van der Waals surface area (Å²) < 4.78 is 69.0. The van der Waals surface area contributed by atoms with E-state index in [-0.39, 0.29) is 25.7 Å². The Balaban J connectivity index is 5.21. The second kappa shape index (κ2) is 82.2. The molecule has 0 spiro atoms. The average Bonchev–Trinajstić information content (AvgIpc) is 0.899. The number of carbonyl (C=O) groups is 4. The SMILES string of the molecule is CCCCCCCCCCCCCCCCCCCCCCCC(=O)O[C@H](COC(=O)CCCCCCCCCCCCCCCCCCCCCC)COP(=O)(O)OC[C@@H](O)COP(=O)(O)OC[C@@H](COC(=O)CCCCCCCCCC(C)C)OC(=O)CCCCCCCCCCCCCCCCCCC(C)C. The number of aliphatic hydroxyl groups is 1. The average molecular weight is 1610 g/mol. The minimum atomic E-state index is -4.97. The van der Waals surface area contributed by atoms with Crippen LogP contribution in [0.1, 0.15) is 491 Å². The van der Waals surface area contributed by atoms with E-state index in [0.717, 1.165) is 102 Å². The van der Waals surface area contributed by atoms with Crippen LogP contribution in [0.5, 0.6) is 0 Å². The highest BCUT2D eigenvalue weighted by atomic mass is 31.2. The predicted octanol–water partition coefficient (Wildman–Crippen LogP) is 28.2. The summed E-state index contributed by atoms with van der Waals surface area (Å²) in [5.41, 5.74) is 0. The Morgan fingerprint density at radius 3 is 0.618 bits per heavy atom. The highest BCUT2D eigenvalue weighted by Crippen LogP contribution is 2.45. The zero-order valence-electron chi connectivity index (χ0n) is 72.6. The van der Waals surface area contributed by atoms with E-state index >= 15 is 0 Å². The predicted molar refractivity (Wildman–Crippen MR) is 455 cm³/mol. The molecule has 654 valence electrons. The molecule has 0 aromatic rings. The molecule has 0 radical (unpaired) electrons. The van der Waals surface area contributed by atoms with Gasteiger partial charge in [-0.1, -0.05) is 440 Å². The van der Waals surface area contributed by atoms with Gasteiger partial charge in [0, 0.05) is 25.7 Å². The van der Waals surface area contributed by atoms with E-state index in [9.17, 15) is 43.2 Å². The number of phosphoric ester groups is 2. The molecule has 0 aromatic carbocycles. The van der Waals surface area contributed by atoms with Gasteiger partial charge in [-0.2, -0.15) is 0 Å². The van der Waals surface area contributed by atoms with Crippen molar-refractivity contribution >= 4 is 39.5 Å². The number of esters is 4. The molecule has 0 aliphatic rings. The molecule has 3 N–H and O–H groups in total. The van der Waals surface area contributed by atoms with Gasteiger partial charge in [0.05, 0.1) is 26.4 Å². The summed E-state index contributed by atoms with van der Waals surface area (Å²) in [6, 6.07) is 0. The number of ether oxygens (including phenoxy) is 4. The molecule has 0 amide bonds. The van der Waals surface area contributed by atoms with Gasteiger partial charge in [-0.25, -0.2) is 9.13 Å². The van der Waals surface area contributed by atoms with E-state index in [0.29, 0.717) is 31.6 Å². The van der Waals surface area contributed by atoms with Crippen molar-refractivity contribution in [3.8, 4) is 0 Å². The third kappa shape index (κ3) is 84.0. The van der Waals surface area contributed by atoms with Crippen molar-refractivity contribution in [3.05, 3.63) is 0 Å². The highest BCUT2D eigenvalue weighted by Gasteiger charge is 2.31. The Bertz CT molecular complexity index is 2100. The van der Waals surface area contributed by atoms with Crippen LogP contribution < -0.4 is 0 Å². The van der Waals surface area contributed by atoms with E-state index in [1.165, 1.54) is 302 Å². The van der Waals surface area contributed by atoms with Crippen molar-refractivity contribution in [2.75, 3.05) is 39.6 Å². The lowest BCUT2D eigenvalue weighted by Crippen LogP contribution is -2.30. The van der Waals surface area contributed by atoms with Crippen molar-refractivity contribution in [2.45, 2.75) is 509 Å². The van der Waals surface area contributed by atoms with Crippen LogP contribution in [-0.2, 0) is 65.4 Å². The van der Waals surface area contributed by atoms with Gasteiger partial charge in [0.15, 0.2) is 12.2 Å². The fourth-order valence-corrected chi connectivity index (χ4v) is 15.9. The first-order chi connectivity index (χ1) is 53.4. The first-order valence-electron chi connectivity index (χ1n) is 47.0. The van der Waals surface area contributed by atoms with Crippen molar-refractivity contribution in [1.82, 2.24) is 0 Å². The minimum Gasteiger partial charge on any atom is -0.462 e. The molecule has 0 saturated carbocycles. The van der Waals surface area contributed by atoms with Gasteiger partial charge in [-0.15, -0.1) is 0 Å². The largest absolute Gasteiger partial charge is 0.472 e. The molecule has 0 heterocycles. The van der Waals surface area contributed by atoms with Gasteiger partial charge < -0.3 is 33.8 Å². The van der Waals surface area contributed by atoms with E-state index in [1.54, 1.807) is 0 Å². The van der Waals surface area contributed by atoms with Crippen LogP contribution in [0.4, 0.5) is 0 Å². The zero-order valence-corrected chi connectivity index (χ0v) is 74.4. The number of carbonyl (C=O) groups excluding carboxylic acids is 4. The van der Waals surface area contributed by atoms with Crippen LogP contribution in [-0.4, -0.2) is 96.7 Å². The molecule has 2 unspecified atom stereocenters. The summed E-state index contributed by atoms with van der Waals surface area (Å²) in [5, 5.41) is 10.7. The summed E-state index contributed by atoms with van der Waals surface area (Å²) in [5.74, 6) is -0.584. The normalized spacial score (nSPS) is 13.7. The topological polar surface area (TPSA) is 237 Å². The molecule has 0 aromatic heterocycles. The summed E-state index contributed by atoms with van der Waals surface area (Å²) in [7, 11) is -9.93. The number of hydrogen-bond donors (Lipinski definition) is 3. The summed E-state index contributed by atoms with van der Waals surface area (Å²) >= 11 is 0.